The van der Waals surface area contributed by atoms with E-state index in [1.807, 2.05) is 18.7 Å². The Labute approximate surface area is 142 Å². The number of rotatable bonds is 6. The van der Waals surface area contributed by atoms with Gasteiger partial charge in [0.05, 0.1) is 23.5 Å². The number of hydrogen-bond donors (Lipinski definition) is 1. The molecule has 0 unspecified atom stereocenters. The highest BCUT2D eigenvalue weighted by Crippen LogP contribution is 2.35. The van der Waals surface area contributed by atoms with Crippen molar-refractivity contribution in [1.82, 2.24) is 4.98 Å². The zero-order valence-electron chi connectivity index (χ0n) is 12.7. The van der Waals surface area contributed by atoms with Crippen LogP contribution in [0.15, 0.2) is 24.4 Å². The van der Waals surface area contributed by atoms with Crippen LogP contribution < -0.4 is 10.2 Å². The monoisotopic (exact) mass is 363 g/mol. The van der Waals surface area contributed by atoms with Crippen LogP contribution >= 0.6 is 22.9 Å². The maximum absolute atomic E-state index is 13.0. The summed E-state index contributed by atoms with van der Waals surface area (Å²) in [6.45, 7) is 5.73. The molecule has 0 aliphatic heterocycles. The molecule has 0 saturated carbocycles. The summed E-state index contributed by atoms with van der Waals surface area (Å²) in [6, 6.07) is 3.77. The van der Waals surface area contributed by atoms with Crippen molar-refractivity contribution < 1.29 is 13.2 Å². The molecule has 1 aromatic heterocycles. The molecule has 0 amide bonds. The highest BCUT2D eigenvalue weighted by atomic mass is 35.5. The van der Waals surface area contributed by atoms with Crippen molar-refractivity contribution in [1.29, 1.82) is 0 Å². The number of nitrogens with zero attached hydrogens (tertiary/aromatic N) is 2. The van der Waals surface area contributed by atoms with Gasteiger partial charge in [0.15, 0.2) is 4.47 Å². The molecule has 0 saturated heterocycles. The lowest BCUT2D eigenvalue weighted by atomic mass is 10.1. The number of alkyl halides is 3. The number of nitrogens with one attached hydrogen (secondary N) is 1. The second-order valence-corrected chi connectivity index (χ2v) is 6.53. The van der Waals surface area contributed by atoms with Crippen molar-refractivity contribution in [2.75, 3.05) is 23.3 Å². The molecule has 0 spiro atoms. The number of anilines is 2. The van der Waals surface area contributed by atoms with E-state index in [4.69, 9.17) is 11.6 Å². The summed E-state index contributed by atoms with van der Waals surface area (Å²) in [7, 11) is 0. The third-order valence-electron chi connectivity index (χ3n) is 3.41. The normalized spacial score (nSPS) is 11.6. The predicted octanol–water partition coefficient (Wildman–Crippen LogP) is 5.27. The van der Waals surface area contributed by atoms with Gasteiger partial charge >= 0.3 is 6.18 Å². The molecule has 1 aromatic carbocycles. The van der Waals surface area contributed by atoms with Crippen molar-refractivity contribution in [3.63, 3.8) is 0 Å². The van der Waals surface area contributed by atoms with E-state index in [1.165, 1.54) is 17.4 Å². The Morgan fingerprint density at radius 3 is 2.48 bits per heavy atom. The number of aromatic nitrogens is 1. The van der Waals surface area contributed by atoms with Gasteiger partial charge < -0.3 is 10.2 Å². The average molecular weight is 364 g/mol. The summed E-state index contributed by atoms with van der Waals surface area (Å²) in [4.78, 5) is 6.79. The summed E-state index contributed by atoms with van der Waals surface area (Å²) in [5.41, 5.74) is 0.532. The molecular weight excluding hydrogens is 347 g/mol. The Morgan fingerprint density at radius 2 is 1.96 bits per heavy atom. The number of thiazole rings is 1. The van der Waals surface area contributed by atoms with Crippen molar-refractivity contribution >= 4 is 34.3 Å². The smallest absolute Gasteiger partial charge is 0.378 e. The summed E-state index contributed by atoms with van der Waals surface area (Å²) in [5, 5.41) is 3.07. The molecule has 1 N–H and O–H groups in total. The lowest BCUT2D eigenvalue weighted by molar-refractivity contribution is -0.137. The standard InChI is InChI=1S/C15H17ClF3N3S/c1-3-22(4-2)13-6-5-10(15(17,18)19)7-12(13)20-8-11-9-21-14(16)23-11/h5-7,9,20H,3-4,8H2,1-2H3. The quantitative estimate of drug-likeness (QED) is 0.757. The Hall–Kier alpha value is -1.47. The van der Waals surface area contributed by atoms with Crippen molar-refractivity contribution in [2.45, 2.75) is 26.6 Å². The first-order valence-electron chi connectivity index (χ1n) is 7.15. The fourth-order valence-corrected chi connectivity index (χ4v) is 3.16. The molecule has 0 atom stereocenters. The van der Waals surface area contributed by atoms with Crippen LogP contribution in [-0.4, -0.2) is 18.1 Å². The van der Waals surface area contributed by atoms with Crippen LogP contribution in [0.4, 0.5) is 24.5 Å². The molecule has 0 aliphatic rings. The van der Waals surface area contributed by atoms with Gasteiger partial charge in [-0.05, 0) is 32.0 Å². The first-order valence-corrected chi connectivity index (χ1v) is 8.34. The van der Waals surface area contributed by atoms with Crippen molar-refractivity contribution in [3.8, 4) is 0 Å². The van der Waals surface area contributed by atoms with Gasteiger partial charge in [-0.2, -0.15) is 13.2 Å². The van der Waals surface area contributed by atoms with E-state index >= 15 is 0 Å². The summed E-state index contributed by atoms with van der Waals surface area (Å²) < 4.78 is 39.3. The molecule has 3 nitrogen and oxygen atoms in total. The molecule has 0 radical (unpaired) electrons. The first kappa shape index (κ1) is 17.9. The van der Waals surface area contributed by atoms with Crippen LogP contribution in [0.2, 0.25) is 4.47 Å². The molecule has 0 bridgehead atoms. The zero-order valence-corrected chi connectivity index (χ0v) is 14.3. The van der Waals surface area contributed by atoms with Crippen molar-refractivity contribution in [2.24, 2.45) is 0 Å². The van der Waals surface area contributed by atoms with Gasteiger partial charge in [0.1, 0.15) is 0 Å². The van der Waals surface area contributed by atoms with Crippen LogP contribution in [0.1, 0.15) is 24.3 Å². The summed E-state index contributed by atoms with van der Waals surface area (Å²) >= 11 is 7.07. The largest absolute Gasteiger partial charge is 0.416 e. The third-order valence-corrected chi connectivity index (χ3v) is 4.52. The molecule has 126 valence electrons. The summed E-state index contributed by atoms with van der Waals surface area (Å²) in [5.74, 6) is 0. The molecule has 2 aromatic rings. The molecule has 8 heteroatoms. The highest BCUT2D eigenvalue weighted by Gasteiger charge is 2.31. The van der Waals surface area contributed by atoms with E-state index in [-0.39, 0.29) is 0 Å². The van der Waals surface area contributed by atoms with Gasteiger partial charge in [-0.15, -0.1) is 11.3 Å². The van der Waals surface area contributed by atoms with Crippen molar-refractivity contribution in [3.05, 3.63) is 39.3 Å². The van der Waals surface area contributed by atoms with E-state index in [0.29, 0.717) is 29.8 Å². The average Bonchev–Trinajstić information content (AvgIpc) is 2.92. The number of benzene rings is 1. The minimum Gasteiger partial charge on any atom is -0.378 e. The van der Waals surface area contributed by atoms with E-state index in [2.05, 4.69) is 10.3 Å². The number of halogens is 4. The maximum Gasteiger partial charge on any atom is 0.416 e. The van der Waals surface area contributed by atoms with Crippen LogP contribution in [0.5, 0.6) is 0 Å². The fraction of sp³-hybridized carbons (Fsp3) is 0.400. The topological polar surface area (TPSA) is 28.2 Å². The third kappa shape index (κ3) is 4.51. The summed E-state index contributed by atoms with van der Waals surface area (Å²) in [6.07, 6.45) is -2.75. The number of hydrogen-bond acceptors (Lipinski definition) is 4. The fourth-order valence-electron chi connectivity index (χ4n) is 2.24. The molecule has 0 aliphatic carbocycles. The van der Waals surface area contributed by atoms with Gasteiger partial charge in [0.2, 0.25) is 0 Å². The minimum absolute atomic E-state index is 0.375. The second kappa shape index (κ2) is 7.40. The van der Waals surface area contributed by atoms with Gasteiger partial charge in [-0.3, -0.25) is 0 Å². The van der Waals surface area contributed by atoms with Crippen LogP contribution in [0, 0.1) is 0 Å². The SMILES string of the molecule is CCN(CC)c1ccc(C(F)(F)F)cc1NCc1cnc(Cl)s1. The molecular formula is C15H17ClF3N3S. The Bertz CT molecular complexity index is 654. The van der Waals surface area contributed by atoms with Crippen LogP contribution in [0.25, 0.3) is 0 Å². The highest BCUT2D eigenvalue weighted by molar-refractivity contribution is 7.15. The van der Waals surface area contributed by atoms with Gasteiger partial charge in [-0.25, -0.2) is 4.98 Å². The van der Waals surface area contributed by atoms with Crippen LogP contribution in [0.3, 0.4) is 0 Å². The predicted molar refractivity (Wildman–Crippen MR) is 89.5 cm³/mol. The first-order chi connectivity index (χ1) is 10.8. The van der Waals surface area contributed by atoms with Gasteiger partial charge in [-0.1, -0.05) is 11.6 Å². The van der Waals surface area contributed by atoms with Gasteiger partial charge in [0, 0.05) is 24.2 Å². The van der Waals surface area contributed by atoms with Gasteiger partial charge in [0.25, 0.3) is 0 Å². The molecule has 2 rings (SSSR count). The zero-order chi connectivity index (χ0) is 17.0. The Balaban J connectivity index is 2.31. The van der Waals surface area contributed by atoms with E-state index < -0.39 is 11.7 Å². The van der Waals surface area contributed by atoms with Crippen LogP contribution in [-0.2, 0) is 12.7 Å². The van der Waals surface area contributed by atoms with E-state index in [1.54, 1.807) is 6.20 Å². The van der Waals surface area contributed by atoms with E-state index in [9.17, 15) is 13.2 Å². The Kier molecular flexibility index (Phi) is 5.75. The second-order valence-electron chi connectivity index (χ2n) is 4.84. The lowest BCUT2D eigenvalue weighted by Crippen LogP contribution is -2.23. The Morgan fingerprint density at radius 1 is 1.26 bits per heavy atom. The maximum atomic E-state index is 13.0. The molecule has 0 fully saturated rings. The molecule has 23 heavy (non-hydrogen) atoms. The molecule has 1 heterocycles. The lowest BCUT2D eigenvalue weighted by Gasteiger charge is -2.25. The van der Waals surface area contributed by atoms with E-state index in [0.717, 1.165) is 22.7 Å². The minimum atomic E-state index is -4.37.